The number of amides is 2. The third-order valence-corrected chi connectivity index (χ3v) is 3.57. The van der Waals surface area contributed by atoms with Gasteiger partial charge in [-0.3, -0.25) is 9.59 Å². The van der Waals surface area contributed by atoms with Crippen LogP contribution in [-0.2, 0) is 9.59 Å². The van der Waals surface area contributed by atoms with Crippen molar-refractivity contribution in [2.45, 2.75) is 6.42 Å². The fraction of sp³-hybridized carbons (Fsp3) is 0.286. The van der Waals surface area contributed by atoms with E-state index in [1.165, 1.54) is 6.08 Å². The Hall–Kier alpha value is -1.52. The molecule has 0 bridgehead atoms. The molecule has 1 aliphatic heterocycles. The molecule has 20 heavy (non-hydrogen) atoms. The standard InChI is InChI=1S/C14H14Cl2N2O2/c15-11-2-3-12(16)10(9-11)1-4-14(20)18-7-5-13(19)17-6-8-18/h1-4,9H,5-8H2,(H,17,19). The highest BCUT2D eigenvalue weighted by molar-refractivity contribution is 6.34. The van der Waals surface area contributed by atoms with Crippen LogP contribution in [0, 0.1) is 0 Å². The van der Waals surface area contributed by atoms with Crippen LogP contribution in [0.2, 0.25) is 10.0 Å². The number of benzene rings is 1. The van der Waals surface area contributed by atoms with Gasteiger partial charge in [0.25, 0.3) is 0 Å². The third kappa shape index (κ3) is 3.99. The monoisotopic (exact) mass is 312 g/mol. The van der Waals surface area contributed by atoms with Gasteiger partial charge in [-0.05, 0) is 29.8 Å². The summed E-state index contributed by atoms with van der Waals surface area (Å²) in [5.74, 6) is -0.167. The SMILES string of the molecule is O=C1CCN(C(=O)C=Cc2cc(Cl)ccc2Cl)CCN1. The molecular weight excluding hydrogens is 299 g/mol. The zero-order chi connectivity index (χ0) is 14.5. The number of carbonyl (C=O) groups excluding carboxylic acids is 2. The number of nitrogens with zero attached hydrogens (tertiary/aromatic N) is 1. The molecule has 1 fully saturated rings. The minimum Gasteiger partial charge on any atom is -0.354 e. The predicted molar refractivity (Wildman–Crippen MR) is 79.7 cm³/mol. The maximum absolute atomic E-state index is 12.1. The fourth-order valence-corrected chi connectivity index (χ4v) is 2.26. The summed E-state index contributed by atoms with van der Waals surface area (Å²) in [6, 6.07) is 5.07. The topological polar surface area (TPSA) is 49.4 Å². The summed E-state index contributed by atoms with van der Waals surface area (Å²) in [7, 11) is 0. The Morgan fingerprint density at radius 3 is 2.90 bits per heavy atom. The number of hydrogen-bond acceptors (Lipinski definition) is 2. The molecule has 2 amide bonds. The molecule has 4 nitrogen and oxygen atoms in total. The van der Waals surface area contributed by atoms with Crippen LogP contribution >= 0.6 is 23.2 Å². The van der Waals surface area contributed by atoms with E-state index in [1.54, 1.807) is 29.2 Å². The van der Waals surface area contributed by atoms with Crippen molar-refractivity contribution >= 4 is 41.1 Å². The molecule has 2 rings (SSSR count). The molecule has 106 valence electrons. The van der Waals surface area contributed by atoms with Crippen LogP contribution < -0.4 is 5.32 Å². The second-order valence-electron chi connectivity index (χ2n) is 4.42. The zero-order valence-electron chi connectivity index (χ0n) is 10.7. The molecule has 0 spiro atoms. The van der Waals surface area contributed by atoms with Gasteiger partial charge in [-0.15, -0.1) is 0 Å². The first-order valence-corrected chi connectivity index (χ1v) is 7.00. The van der Waals surface area contributed by atoms with E-state index in [9.17, 15) is 9.59 Å². The van der Waals surface area contributed by atoms with Crippen molar-refractivity contribution in [3.63, 3.8) is 0 Å². The Bertz CT molecular complexity index is 558. The Morgan fingerprint density at radius 1 is 1.30 bits per heavy atom. The van der Waals surface area contributed by atoms with Crippen molar-refractivity contribution in [3.05, 3.63) is 39.9 Å². The number of hydrogen-bond donors (Lipinski definition) is 1. The van der Waals surface area contributed by atoms with E-state index < -0.39 is 0 Å². The smallest absolute Gasteiger partial charge is 0.246 e. The lowest BCUT2D eigenvalue weighted by Gasteiger charge is -2.17. The van der Waals surface area contributed by atoms with E-state index in [2.05, 4.69) is 5.32 Å². The van der Waals surface area contributed by atoms with Crippen molar-refractivity contribution in [3.8, 4) is 0 Å². The molecule has 0 unspecified atom stereocenters. The van der Waals surface area contributed by atoms with Crippen LogP contribution in [-0.4, -0.2) is 36.3 Å². The van der Waals surface area contributed by atoms with Crippen molar-refractivity contribution in [1.29, 1.82) is 0 Å². The molecule has 1 heterocycles. The van der Waals surface area contributed by atoms with Crippen LogP contribution in [0.3, 0.4) is 0 Å². The number of halogens is 2. The van der Waals surface area contributed by atoms with E-state index in [0.29, 0.717) is 41.7 Å². The third-order valence-electron chi connectivity index (χ3n) is 2.99. The molecule has 0 saturated carbocycles. The van der Waals surface area contributed by atoms with Crippen LogP contribution in [0.15, 0.2) is 24.3 Å². The minimum atomic E-state index is -0.141. The maximum atomic E-state index is 12.1. The van der Waals surface area contributed by atoms with Gasteiger partial charge < -0.3 is 10.2 Å². The highest BCUT2D eigenvalue weighted by atomic mass is 35.5. The second kappa shape index (κ2) is 6.77. The van der Waals surface area contributed by atoms with E-state index in [4.69, 9.17) is 23.2 Å². The molecule has 0 aliphatic carbocycles. The number of nitrogens with one attached hydrogen (secondary N) is 1. The van der Waals surface area contributed by atoms with Gasteiger partial charge in [0.15, 0.2) is 0 Å². The molecule has 0 atom stereocenters. The molecule has 1 aliphatic rings. The average molecular weight is 313 g/mol. The van der Waals surface area contributed by atoms with Gasteiger partial charge in [0.1, 0.15) is 0 Å². The molecule has 1 aromatic carbocycles. The number of rotatable bonds is 2. The van der Waals surface area contributed by atoms with Gasteiger partial charge in [-0.2, -0.15) is 0 Å². The van der Waals surface area contributed by atoms with Crippen LogP contribution in [0.5, 0.6) is 0 Å². The van der Waals surface area contributed by atoms with Gasteiger partial charge in [-0.1, -0.05) is 23.2 Å². The quantitative estimate of drug-likeness (QED) is 0.852. The van der Waals surface area contributed by atoms with Crippen LogP contribution in [0.25, 0.3) is 6.08 Å². The Labute approximate surface area is 127 Å². The van der Waals surface area contributed by atoms with Gasteiger partial charge in [0.2, 0.25) is 11.8 Å². The summed E-state index contributed by atoms with van der Waals surface area (Å²) >= 11 is 11.9. The Kier molecular flexibility index (Phi) is 5.04. The van der Waals surface area contributed by atoms with E-state index in [0.717, 1.165) is 0 Å². The van der Waals surface area contributed by atoms with Crippen molar-refractivity contribution in [1.82, 2.24) is 10.2 Å². The normalized spacial score (nSPS) is 16.1. The summed E-state index contributed by atoms with van der Waals surface area (Å²) in [6.45, 7) is 1.42. The first-order valence-electron chi connectivity index (χ1n) is 6.25. The van der Waals surface area contributed by atoms with Gasteiger partial charge in [0, 0.05) is 42.2 Å². The van der Waals surface area contributed by atoms with Gasteiger partial charge >= 0.3 is 0 Å². The minimum absolute atomic E-state index is 0.0258. The lowest BCUT2D eigenvalue weighted by molar-refractivity contribution is -0.125. The lowest BCUT2D eigenvalue weighted by Crippen LogP contribution is -2.32. The van der Waals surface area contributed by atoms with Crippen LogP contribution in [0.4, 0.5) is 0 Å². The molecular formula is C14H14Cl2N2O2. The average Bonchev–Trinajstić information content (AvgIpc) is 2.64. The first kappa shape index (κ1) is 14.9. The summed E-state index contributed by atoms with van der Waals surface area (Å²) in [6.07, 6.45) is 3.42. The molecule has 1 aromatic rings. The van der Waals surface area contributed by atoms with Gasteiger partial charge in [-0.25, -0.2) is 0 Å². The maximum Gasteiger partial charge on any atom is 0.246 e. The molecule has 0 radical (unpaired) electrons. The van der Waals surface area contributed by atoms with Gasteiger partial charge in [0.05, 0.1) is 0 Å². The zero-order valence-corrected chi connectivity index (χ0v) is 12.2. The van der Waals surface area contributed by atoms with E-state index >= 15 is 0 Å². The summed E-state index contributed by atoms with van der Waals surface area (Å²) in [5, 5.41) is 3.82. The van der Waals surface area contributed by atoms with Crippen molar-refractivity contribution < 1.29 is 9.59 Å². The number of carbonyl (C=O) groups is 2. The van der Waals surface area contributed by atoms with E-state index in [1.807, 2.05) is 0 Å². The summed E-state index contributed by atoms with van der Waals surface area (Å²) < 4.78 is 0. The highest BCUT2D eigenvalue weighted by Gasteiger charge is 2.16. The molecule has 0 aromatic heterocycles. The molecule has 1 saturated heterocycles. The molecule has 1 N–H and O–H groups in total. The fourth-order valence-electron chi connectivity index (χ4n) is 1.90. The van der Waals surface area contributed by atoms with Crippen molar-refractivity contribution in [2.75, 3.05) is 19.6 Å². The Morgan fingerprint density at radius 2 is 2.10 bits per heavy atom. The summed E-state index contributed by atoms with van der Waals surface area (Å²) in [5.41, 5.74) is 0.691. The predicted octanol–water partition coefficient (Wildman–Crippen LogP) is 2.36. The lowest BCUT2D eigenvalue weighted by atomic mass is 10.2. The second-order valence-corrected chi connectivity index (χ2v) is 5.27. The highest BCUT2D eigenvalue weighted by Crippen LogP contribution is 2.21. The largest absolute Gasteiger partial charge is 0.354 e. The first-order chi connectivity index (χ1) is 9.56. The van der Waals surface area contributed by atoms with E-state index in [-0.39, 0.29) is 11.8 Å². The molecule has 6 heteroatoms. The van der Waals surface area contributed by atoms with Crippen LogP contribution in [0.1, 0.15) is 12.0 Å². The summed E-state index contributed by atoms with van der Waals surface area (Å²) in [4.78, 5) is 24.9. The van der Waals surface area contributed by atoms with Crippen molar-refractivity contribution in [2.24, 2.45) is 0 Å². The Balaban J connectivity index is 2.04.